The standard InChI is InChI=1S/C47H89O11P/c1-3-5-7-9-11-13-15-17-19-20-21-22-24-26-28-30-32-34-36-38-47(52)57-43(42-56-59(53,54)58-45(40-49)44(50)39-48)41-55-46(51)37-35-33-31-29-27-25-23-18-16-14-12-10-8-6-4-2/h11,13,21-22,43-45,48-50H,3-10,12,14-20,23-42H2,1-2H3,(H,53,54)/b13-11-,22-21-/t43-,44-,45-/m1/s1. The average Bonchev–Trinajstić information content (AvgIpc) is 3.22. The first-order valence-electron chi connectivity index (χ1n) is 23.9. The number of carbonyl (C=O) groups is 2. The highest BCUT2D eigenvalue weighted by Crippen LogP contribution is 2.45. The van der Waals surface area contributed by atoms with Gasteiger partial charge in [-0.25, -0.2) is 4.57 Å². The van der Waals surface area contributed by atoms with Gasteiger partial charge >= 0.3 is 19.8 Å². The monoisotopic (exact) mass is 861 g/mol. The Morgan fingerprint density at radius 3 is 1.34 bits per heavy atom. The molecule has 59 heavy (non-hydrogen) atoms. The largest absolute Gasteiger partial charge is 0.472 e. The van der Waals surface area contributed by atoms with Crippen LogP contribution >= 0.6 is 7.82 Å². The Morgan fingerprint density at radius 2 is 0.898 bits per heavy atom. The van der Waals surface area contributed by atoms with Crippen LogP contribution in [0.4, 0.5) is 0 Å². The van der Waals surface area contributed by atoms with Crippen molar-refractivity contribution in [3.63, 3.8) is 0 Å². The van der Waals surface area contributed by atoms with Crippen molar-refractivity contribution in [3.05, 3.63) is 24.3 Å². The number of unbranched alkanes of at least 4 members (excludes halogenated alkanes) is 26. The van der Waals surface area contributed by atoms with Crippen LogP contribution in [0.2, 0.25) is 0 Å². The van der Waals surface area contributed by atoms with Crippen molar-refractivity contribution in [3.8, 4) is 0 Å². The number of aliphatic hydroxyl groups is 3. The SMILES string of the molecule is CCCCC/C=C\CCCC/C=C\CCCCCCCCC(=O)O[C@H](COC(=O)CCCCCCCCCCCCCCCCC)COP(=O)(O)O[C@H](CO)[C@H](O)CO. The highest BCUT2D eigenvalue weighted by Gasteiger charge is 2.32. The fourth-order valence-corrected chi connectivity index (χ4v) is 7.69. The second kappa shape index (κ2) is 43.1. The molecule has 0 aliphatic rings. The van der Waals surface area contributed by atoms with Gasteiger partial charge in [-0.15, -0.1) is 0 Å². The molecule has 0 aliphatic heterocycles. The van der Waals surface area contributed by atoms with Crippen molar-refractivity contribution in [2.45, 2.75) is 238 Å². The van der Waals surface area contributed by atoms with Gasteiger partial charge in [-0.2, -0.15) is 0 Å². The summed E-state index contributed by atoms with van der Waals surface area (Å²) in [6.45, 7) is 1.84. The number of rotatable bonds is 45. The average molecular weight is 861 g/mol. The summed E-state index contributed by atoms with van der Waals surface area (Å²) in [7, 11) is -4.85. The van der Waals surface area contributed by atoms with E-state index < -0.39 is 57.9 Å². The van der Waals surface area contributed by atoms with E-state index >= 15 is 0 Å². The smallest absolute Gasteiger partial charge is 0.462 e. The van der Waals surface area contributed by atoms with Crippen LogP contribution in [0.5, 0.6) is 0 Å². The van der Waals surface area contributed by atoms with E-state index in [1.54, 1.807) is 0 Å². The van der Waals surface area contributed by atoms with Crippen molar-refractivity contribution in [1.29, 1.82) is 0 Å². The molecule has 0 heterocycles. The van der Waals surface area contributed by atoms with Gasteiger partial charge in [0.15, 0.2) is 6.10 Å². The summed E-state index contributed by atoms with van der Waals surface area (Å²) in [6, 6.07) is 0. The molecular weight excluding hydrogens is 771 g/mol. The molecule has 0 radical (unpaired) electrons. The molecular formula is C47H89O11P. The number of aliphatic hydroxyl groups excluding tert-OH is 3. The number of carbonyl (C=O) groups excluding carboxylic acids is 2. The molecule has 0 aliphatic carbocycles. The second-order valence-electron chi connectivity index (χ2n) is 16.2. The van der Waals surface area contributed by atoms with Gasteiger partial charge in [-0.05, 0) is 64.2 Å². The predicted octanol–water partition coefficient (Wildman–Crippen LogP) is 11.9. The molecule has 4 N–H and O–H groups in total. The maximum absolute atomic E-state index is 12.7. The molecule has 0 saturated heterocycles. The minimum atomic E-state index is -4.85. The molecule has 0 fully saturated rings. The molecule has 11 nitrogen and oxygen atoms in total. The van der Waals surface area contributed by atoms with Crippen LogP contribution in [0.1, 0.15) is 219 Å². The maximum atomic E-state index is 12.7. The van der Waals surface area contributed by atoms with Crippen LogP contribution < -0.4 is 0 Å². The Bertz CT molecular complexity index is 1050. The van der Waals surface area contributed by atoms with Gasteiger partial charge in [0.25, 0.3) is 0 Å². The molecule has 348 valence electrons. The van der Waals surface area contributed by atoms with Crippen LogP contribution in [-0.2, 0) is 32.7 Å². The van der Waals surface area contributed by atoms with Crippen molar-refractivity contribution in [2.24, 2.45) is 0 Å². The van der Waals surface area contributed by atoms with Crippen molar-refractivity contribution < 1.29 is 52.9 Å². The van der Waals surface area contributed by atoms with Gasteiger partial charge in [-0.3, -0.25) is 18.6 Å². The quantitative estimate of drug-likeness (QED) is 0.0199. The van der Waals surface area contributed by atoms with Crippen LogP contribution in [0, 0.1) is 0 Å². The molecule has 0 spiro atoms. The zero-order valence-corrected chi connectivity index (χ0v) is 38.5. The Labute approximate surface area is 360 Å². The minimum absolute atomic E-state index is 0.142. The van der Waals surface area contributed by atoms with Crippen molar-refractivity contribution in [1.82, 2.24) is 0 Å². The van der Waals surface area contributed by atoms with Gasteiger partial charge in [-0.1, -0.05) is 167 Å². The third-order valence-corrected chi connectivity index (χ3v) is 11.5. The highest BCUT2D eigenvalue weighted by atomic mass is 31.2. The van der Waals surface area contributed by atoms with E-state index in [1.165, 1.54) is 116 Å². The summed E-state index contributed by atoms with van der Waals surface area (Å²) in [5.74, 6) is -0.995. The normalized spacial score (nSPS) is 14.5. The lowest BCUT2D eigenvalue weighted by molar-refractivity contribution is -0.161. The number of allylic oxidation sites excluding steroid dienone is 4. The van der Waals surface area contributed by atoms with E-state index in [2.05, 4.69) is 38.2 Å². The fraction of sp³-hybridized carbons (Fsp3) is 0.872. The third kappa shape index (κ3) is 40.3. The fourth-order valence-electron chi connectivity index (χ4n) is 6.73. The lowest BCUT2D eigenvalue weighted by atomic mass is 10.0. The molecule has 0 aromatic heterocycles. The number of esters is 2. The Kier molecular flexibility index (Phi) is 41.9. The Morgan fingerprint density at radius 1 is 0.525 bits per heavy atom. The third-order valence-electron chi connectivity index (χ3n) is 10.5. The number of hydrogen-bond donors (Lipinski definition) is 4. The maximum Gasteiger partial charge on any atom is 0.472 e. The molecule has 12 heteroatoms. The lowest BCUT2D eigenvalue weighted by Gasteiger charge is -2.24. The Balaban J connectivity index is 4.40. The first kappa shape index (κ1) is 57.4. The summed E-state index contributed by atoms with van der Waals surface area (Å²) >= 11 is 0. The van der Waals surface area contributed by atoms with E-state index in [9.17, 15) is 29.3 Å². The summed E-state index contributed by atoms with van der Waals surface area (Å²) in [6.07, 6.45) is 40.4. The van der Waals surface area contributed by atoms with Gasteiger partial charge in [0.05, 0.1) is 19.8 Å². The lowest BCUT2D eigenvalue weighted by Crippen LogP contribution is -2.35. The molecule has 0 amide bonds. The Hall–Kier alpha value is -1.59. The van der Waals surface area contributed by atoms with Gasteiger partial charge in [0.2, 0.25) is 0 Å². The van der Waals surface area contributed by atoms with Gasteiger partial charge in [0, 0.05) is 12.8 Å². The second-order valence-corrected chi connectivity index (χ2v) is 17.6. The van der Waals surface area contributed by atoms with E-state index in [-0.39, 0.29) is 19.4 Å². The summed E-state index contributed by atoms with van der Waals surface area (Å²) < 4.78 is 33.2. The van der Waals surface area contributed by atoms with Gasteiger partial charge in [0.1, 0.15) is 18.8 Å². The summed E-state index contributed by atoms with van der Waals surface area (Å²) in [4.78, 5) is 35.4. The highest BCUT2D eigenvalue weighted by molar-refractivity contribution is 7.47. The molecule has 4 atom stereocenters. The number of ether oxygens (including phenoxy) is 2. The predicted molar refractivity (Wildman–Crippen MR) is 239 cm³/mol. The molecule has 0 aromatic carbocycles. The molecule has 0 aromatic rings. The van der Waals surface area contributed by atoms with E-state index in [1.807, 2.05) is 0 Å². The molecule has 0 rings (SSSR count). The molecule has 0 bridgehead atoms. The van der Waals surface area contributed by atoms with Crippen molar-refractivity contribution >= 4 is 19.8 Å². The van der Waals surface area contributed by atoms with E-state index in [0.29, 0.717) is 12.8 Å². The topological polar surface area (TPSA) is 169 Å². The van der Waals surface area contributed by atoms with Crippen LogP contribution in [0.25, 0.3) is 0 Å². The minimum Gasteiger partial charge on any atom is -0.462 e. The van der Waals surface area contributed by atoms with Crippen LogP contribution in [-0.4, -0.2) is 76.9 Å². The van der Waals surface area contributed by atoms with E-state index in [4.69, 9.17) is 23.6 Å². The first-order valence-corrected chi connectivity index (χ1v) is 25.4. The number of phosphoric acid groups is 1. The van der Waals surface area contributed by atoms with Gasteiger partial charge < -0.3 is 29.7 Å². The molecule has 0 saturated carbocycles. The van der Waals surface area contributed by atoms with E-state index in [0.717, 1.165) is 64.2 Å². The first-order chi connectivity index (χ1) is 28.7. The zero-order valence-electron chi connectivity index (χ0n) is 37.6. The van der Waals surface area contributed by atoms with Crippen LogP contribution in [0.3, 0.4) is 0 Å². The van der Waals surface area contributed by atoms with Crippen LogP contribution in [0.15, 0.2) is 24.3 Å². The zero-order chi connectivity index (χ0) is 43.5. The summed E-state index contributed by atoms with van der Waals surface area (Å²) in [5, 5.41) is 28.2. The number of hydrogen-bond acceptors (Lipinski definition) is 10. The molecule has 1 unspecified atom stereocenters. The number of phosphoric ester groups is 1. The van der Waals surface area contributed by atoms with Crippen molar-refractivity contribution in [2.75, 3.05) is 26.4 Å². The summed E-state index contributed by atoms with van der Waals surface area (Å²) in [5.41, 5.74) is 0.